The fourth-order valence-electron chi connectivity index (χ4n) is 5.84. The number of nitrogens with one attached hydrogen (secondary N) is 2. The van der Waals surface area contributed by atoms with E-state index in [4.69, 9.17) is 9.47 Å². The number of fused-ring (bicyclic) bond motifs is 3. The number of hydrogen-bond acceptors (Lipinski definition) is 9. The second-order valence-corrected chi connectivity index (χ2v) is 11.1. The molecule has 0 aromatic heterocycles. The molecule has 3 aromatic rings. The molecule has 44 heavy (non-hydrogen) atoms. The lowest BCUT2D eigenvalue weighted by molar-refractivity contribution is -0.166. The van der Waals surface area contributed by atoms with Gasteiger partial charge in [0.2, 0.25) is 12.2 Å². The monoisotopic (exact) mass is 601 g/mol. The summed E-state index contributed by atoms with van der Waals surface area (Å²) in [5.74, 6) is -4.91. The number of para-hydroxylation sites is 1. The Morgan fingerprint density at radius 1 is 0.795 bits per heavy atom. The number of nitrogens with zero attached hydrogens (tertiary/aromatic N) is 1. The Labute approximate surface area is 254 Å². The minimum absolute atomic E-state index is 0.0332. The summed E-state index contributed by atoms with van der Waals surface area (Å²) in [6.07, 6.45) is -3.15. The van der Waals surface area contributed by atoms with E-state index in [1.807, 2.05) is 0 Å². The summed E-state index contributed by atoms with van der Waals surface area (Å²) in [6, 6.07) is 19.5. The molecule has 0 bridgehead atoms. The van der Waals surface area contributed by atoms with E-state index < -0.39 is 36.1 Å². The van der Waals surface area contributed by atoms with Crippen molar-refractivity contribution in [1.29, 1.82) is 0 Å². The third-order valence-corrected chi connectivity index (χ3v) is 8.07. The molecule has 3 heterocycles. The number of carbonyl (C=O) groups excluding carboxylic acids is 2. The van der Waals surface area contributed by atoms with Crippen molar-refractivity contribution in [1.82, 2.24) is 5.32 Å². The minimum Gasteiger partial charge on any atom is -0.478 e. The van der Waals surface area contributed by atoms with Crippen molar-refractivity contribution in [2.75, 3.05) is 36.4 Å². The molecule has 11 nitrogen and oxygen atoms in total. The van der Waals surface area contributed by atoms with Gasteiger partial charge in [0, 0.05) is 31.6 Å². The summed E-state index contributed by atoms with van der Waals surface area (Å²) in [5, 5.41) is 25.7. The first kappa shape index (κ1) is 30.6. The van der Waals surface area contributed by atoms with Gasteiger partial charge in [-0.25, -0.2) is 19.2 Å². The number of ether oxygens (including phenoxy) is 2. The predicted molar refractivity (Wildman–Crippen MR) is 162 cm³/mol. The first-order chi connectivity index (χ1) is 21.1. The quantitative estimate of drug-likeness (QED) is 0.294. The average molecular weight is 602 g/mol. The molecule has 6 rings (SSSR count). The van der Waals surface area contributed by atoms with E-state index in [1.54, 1.807) is 43.7 Å². The Morgan fingerprint density at radius 3 is 1.86 bits per heavy atom. The number of piperidine rings is 1. The number of hydrogen-bond donors (Lipinski definition) is 4. The number of benzene rings is 3. The molecule has 230 valence electrons. The van der Waals surface area contributed by atoms with E-state index in [-0.39, 0.29) is 11.1 Å². The normalized spacial score (nSPS) is 19.1. The maximum Gasteiger partial charge on any atom is 0.349 e. The van der Waals surface area contributed by atoms with Crippen LogP contribution in [0.1, 0.15) is 49.7 Å². The highest BCUT2D eigenvalue weighted by atomic mass is 16.6. The van der Waals surface area contributed by atoms with E-state index in [0.717, 1.165) is 30.3 Å². The van der Waals surface area contributed by atoms with Crippen molar-refractivity contribution in [3.63, 3.8) is 0 Å². The zero-order chi connectivity index (χ0) is 31.4. The first-order valence-electron chi connectivity index (χ1n) is 14.5. The van der Waals surface area contributed by atoms with Crippen LogP contribution in [-0.2, 0) is 19.1 Å². The Kier molecular flexibility index (Phi) is 9.15. The van der Waals surface area contributed by atoms with Gasteiger partial charge >= 0.3 is 23.9 Å². The molecule has 1 fully saturated rings. The van der Waals surface area contributed by atoms with E-state index in [0.29, 0.717) is 5.92 Å². The van der Waals surface area contributed by atoms with Crippen LogP contribution in [0.15, 0.2) is 66.7 Å². The number of rotatable bonds is 7. The van der Waals surface area contributed by atoms with Gasteiger partial charge in [0.15, 0.2) is 0 Å². The molecule has 0 saturated carbocycles. The highest BCUT2D eigenvalue weighted by Gasteiger charge is 2.42. The maximum absolute atomic E-state index is 12.2. The van der Waals surface area contributed by atoms with Crippen molar-refractivity contribution >= 4 is 35.3 Å². The lowest BCUT2D eigenvalue weighted by Gasteiger charge is -2.36. The Hall–Kier alpha value is -4.90. The van der Waals surface area contributed by atoms with Gasteiger partial charge < -0.3 is 35.2 Å². The summed E-state index contributed by atoms with van der Waals surface area (Å²) in [6.45, 7) is 8.17. The van der Waals surface area contributed by atoms with E-state index >= 15 is 0 Å². The van der Waals surface area contributed by atoms with Gasteiger partial charge in [-0.15, -0.1) is 0 Å². The van der Waals surface area contributed by atoms with Gasteiger partial charge in [-0.2, -0.15) is 0 Å². The summed E-state index contributed by atoms with van der Waals surface area (Å²) in [5.41, 5.74) is 6.19. The number of carboxylic acid groups (broad SMARTS) is 2. The maximum atomic E-state index is 12.2. The van der Waals surface area contributed by atoms with Crippen LogP contribution in [0.4, 0.5) is 11.4 Å². The molecule has 0 aliphatic carbocycles. The third-order valence-electron chi connectivity index (χ3n) is 8.07. The van der Waals surface area contributed by atoms with Gasteiger partial charge in [0.1, 0.15) is 0 Å². The molecule has 0 radical (unpaired) electrons. The van der Waals surface area contributed by atoms with Crippen LogP contribution in [-0.4, -0.2) is 78.5 Å². The Balaban J connectivity index is 0.000000199. The standard InChI is InChI=1S/C20H18O8.C13H17N3/c1-11-3-7-13(8-4-11)19(25)27-15(17(21)22)16(18(23)24)28-20(26)14-9-5-12(2)6-10-14;1-2-9-10-8-14-5-4-12(10)16-7-6-15-11(3-1)13(9)16/h3-10,15-16H,1-2H3,(H,21,22)(H,23,24);1-3,10,12,14-15H,4-8H2/t15-,16-;10-,12-/m10/s1. The fourth-order valence-corrected chi connectivity index (χ4v) is 5.84. The van der Waals surface area contributed by atoms with Crippen LogP contribution < -0.4 is 15.5 Å². The van der Waals surface area contributed by atoms with Gasteiger partial charge in [0.25, 0.3) is 0 Å². The number of carboxylic acids is 2. The summed E-state index contributed by atoms with van der Waals surface area (Å²) >= 11 is 0. The van der Waals surface area contributed by atoms with E-state index in [1.165, 1.54) is 55.2 Å². The van der Waals surface area contributed by atoms with Crippen molar-refractivity contribution in [2.45, 2.75) is 44.4 Å². The lowest BCUT2D eigenvalue weighted by Crippen LogP contribution is -2.46. The highest BCUT2D eigenvalue weighted by molar-refractivity contribution is 5.95. The SMILES string of the molecule is Cc1ccc(C(=O)O[C@@H](C(=O)O)[C@@H](OC(=O)c2ccc(C)cc2)C(=O)O)cc1.c1cc2c3c(c1)[C@@H]1CNCC[C@@H]1N3CCN2. The number of aliphatic carboxylic acids is 2. The molecule has 4 atom stereocenters. The molecule has 3 aliphatic heterocycles. The predicted octanol–water partition coefficient (Wildman–Crippen LogP) is 3.60. The number of carbonyl (C=O) groups is 4. The lowest BCUT2D eigenvalue weighted by atomic mass is 9.90. The molecule has 4 N–H and O–H groups in total. The second-order valence-electron chi connectivity index (χ2n) is 11.1. The van der Waals surface area contributed by atoms with Crippen molar-refractivity contribution in [3.05, 3.63) is 94.5 Å². The number of aryl methyl sites for hydroxylation is 2. The molecule has 11 heteroatoms. The largest absolute Gasteiger partial charge is 0.478 e. The van der Waals surface area contributed by atoms with Crippen molar-refractivity contribution in [3.8, 4) is 0 Å². The average Bonchev–Trinajstić information content (AvgIpc) is 3.35. The third kappa shape index (κ3) is 6.52. The molecule has 0 amide bonds. The molecule has 0 spiro atoms. The fraction of sp³-hybridized carbons (Fsp3) is 0.333. The summed E-state index contributed by atoms with van der Waals surface area (Å²) in [7, 11) is 0. The van der Waals surface area contributed by atoms with Gasteiger partial charge in [-0.1, -0.05) is 47.5 Å². The van der Waals surface area contributed by atoms with Crippen LogP contribution in [0.25, 0.3) is 0 Å². The topological polar surface area (TPSA) is 154 Å². The molecular formula is C33H35N3O8. The molecular weight excluding hydrogens is 566 g/mol. The van der Waals surface area contributed by atoms with Gasteiger partial charge in [-0.3, -0.25) is 0 Å². The summed E-state index contributed by atoms with van der Waals surface area (Å²) < 4.78 is 9.64. The Bertz CT molecular complexity index is 1460. The van der Waals surface area contributed by atoms with E-state index in [2.05, 4.69) is 33.7 Å². The minimum atomic E-state index is -2.22. The first-order valence-corrected chi connectivity index (χ1v) is 14.5. The Morgan fingerprint density at radius 2 is 1.34 bits per heavy atom. The molecule has 0 unspecified atom stereocenters. The zero-order valence-electron chi connectivity index (χ0n) is 24.5. The van der Waals surface area contributed by atoms with Crippen LogP contribution >= 0.6 is 0 Å². The van der Waals surface area contributed by atoms with Crippen LogP contribution in [0.5, 0.6) is 0 Å². The van der Waals surface area contributed by atoms with Crippen LogP contribution in [0.3, 0.4) is 0 Å². The molecule has 3 aliphatic rings. The van der Waals surface area contributed by atoms with Gasteiger partial charge in [-0.05, 0) is 62.7 Å². The van der Waals surface area contributed by atoms with Crippen molar-refractivity contribution in [2.24, 2.45) is 0 Å². The van der Waals surface area contributed by atoms with Crippen LogP contribution in [0.2, 0.25) is 0 Å². The van der Waals surface area contributed by atoms with E-state index in [9.17, 15) is 29.4 Å². The number of esters is 2. The second kappa shape index (κ2) is 13.2. The number of anilines is 2. The highest BCUT2D eigenvalue weighted by Crippen LogP contribution is 2.48. The van der Waals surface area contributed by atoms with Gasteiger partial charge in [0.05, 0.1) is 22.5 Å². The smallest absolute Gasteiger partial charge is 0.349 e. The molecule has 3 aromatic carbocycles. The van der Waals surface area contributed by atoms with Crippen LogP contribution in [0, 0.1) is 13.8 Å². The molecule has 1 saturated heterocycles. The van der Waals surface area contributed by atoms with Crippen molar-refractivity contribution < 1.29 is 38.9 Å². The zero-order valence-corrected chi connectivity index (χ0v) is 24.5. The summed E-state index contributed by atoms with van der Waals surface area (Å²) in [4.78, 5) is 50.0.